The van der Waals surface area contributed by atoms with Crippen molar-refractivity contribution in [3.63, 3.8) is 0 Å². The minimum absolute atomic E-state index is 0.0221. The molecule has 2 saturated heterocycles. The van der Waals surface area contributed by atoms with Gasteiger partial charge in [0.25, 0.3) is 0 Å². The highest BCUT2D eigenvalue weighted by Gasteiger charge is 2.33. The third-order valence-corrected chi connectivity index (χ3v) is 5.03. The monoisotopic (exact) mass is 351 g/mol. The van der Waals surface area contributed by atoms with Crippen molar-refractivity contribution >= 4 is 29.2 Å². The first-order valence-electron chi connectivity index (χ1n) is 8.30. The molecule has 0 radical (unpaired) electrons. The van der Waals surface area contributed by atoms with Gasteiger partial charge in [-0.1, -0.05) is 17.7 Å². The molecular weight excluding hydrogens is 330 g/mol. The van der Waals surface area contributed by atoms with Crippen molar-refractivity contribution < 1.29 is 14.7 Å². The summed E-state index contributed by atoms with van der Waals surface area (Å²) < 4.78 is 0. The predicted molar refractivity (Wildman–Crippen MR) is 92.5 cm³/mol. The lowest BCUT2D eigenvalue weighted by atomic mass is 10.2. The van der Waals surface area contributed by atoms with Gasteiger partial charge in [0.15, 0.2) is 0 Å². The molecule has 2 aliphatic rings. The Kier molecular flexibility index (Phi) is 5.26. The Labute approximate surface area is 146 Å². The lowest BCUT2D eigenvalue weighted by Gasteiger charge is -2.37. The number of piperazine rings is 1. The minimum Gasteiger partial charge on any atom is -0.480 e. The number of aliphatic carboxylic acids is 1. The van der Waals surface area contributed by atoms with Gasteiger partial charge in [0, 0.05) is 36.9 Å². The molecule has 7 heteroatoms. The first-order valence-corrected chi connectivity index (χ1v) is 8.67. The number of benzene rings is 1. The van der Waals surface area contributed by atoms with Gasteiger partial charge in [0.1, 0.15) is 6.04 Å². The van der Waals surface area contributed by atoms with E-state index < -0.39 is 12.0 Å². The summed E-state index contributed by atoms with van der Waals surface area (Å²) >= 11 is 6.03. The van der Waals surface area contributed by atoms with Crippen molar-refractivity contribution in [3.05, 3.63) is 29.3 Å². The molecule has 0 saturated carbocycles. The second-order valence-electron chi connectivity index (χ2n) is 6.31. The van der Waals surface area contributed by atoms with E-state index in [2.05, 4.69) is 4.90 Å². The fraction of sp³-hybridized carbons (Fsp3) is 0.529. The number of hydrogen-bond donors (Lipinski definition) is 1. The van der Waals surface area contributed by atoms with Crippen LogP contribution in [0.1, 0.15) is 12.8 Å². The highest BCUT2D eigenvalue weighted by Crippen LogP contribution is 2.21. The molecule has 3 rings (SSSR count). The number of nitrogens with zero attached hydrogens (tertiary/aromatic N) is 3. The van der Waals surface area contributed by atoms with Gasteiger partial charge >= 0.3 is 5.97 Å². The van der Waals surface area contributed by atoms with Gasteiger partial charge < -0.3 is 14.9 Å². The molecule has 2 heterocycles. The number of carbonyl (C=O) groups is 2. The highest BCUT2D eigenvalue weighted by molar-refractivity contribution is 6.30. The molecular formula is C17H22ClN3O3. The Balaban J connectivity index is 1.53. The summed E-state index contributed by atoms with van der Waals surface area (Å²) in [5.74, 6) is -0.806. The summed E-state index contributed by atoms with van der Waals surface area (Å²) in [6.07, 6.45) is 1.47. The molecule has 6 nitrogen and oxygen atoms in total. The van der Waals surface area contributed by atoms with E-state index in [1.54, 1.807) is 4.90 Å². The standard InChI is InChI=1S/C17H22ClN3O3/c18-13-3-1-4-14(11-13)19-7-9-20(10-8-19)16(22)12-21-6-2-5-15(21)17(23)24/h1,3-4,11,15H,2,5-10,12H2,(H,23,24)/t15-/m0/s1. The van der Waals surface area contributed by atoms with Crippen LogP contribution in [-0.2, 0) is 9.59 Å². The number of carbonyl (C=O) groups excluding carboxylic acids is 1. The van der Waals surface area contributed by atoms with Crippen molar-refractivity contribution in [2.45, 2.75) is 18.9 Å². The van der Waals surface area contributed by atoms with Crippen LogP contribution >= 0.6 is 11.6 Å². The molecule has 1 aromatic rings. The number of anilines is 1. The molecule has 0 unspecified atom stereocenters. The quantitative estimate of drug-likeness (QED) is 0.891. The van der Waals surface area contributed by atoms with Gasteiger partial charge in [-0.15, -0.1) is 0 Å². The lowest BCUT2D eigenvalue weighted by Crippen LogP contribution is -2.52. The van der Waals surface area contributed by atoms with Crippen LogP contribution in [0.5, 0.6) is 0 Å². The first kappa shape index (κ1) is 17.0. The Morgan fingerprint density at radius 3 is 2.58 bits per heavy atom. The summed E-state index contributed by atoms with van der Waals surface area (Å²) in [7, 11) is 0. The maximum Gasteiger partial charge on any atom is 0.320 e. The SMILES string of the molecule is O=C(O)[C@@H]1CCCN1CC(=O)N1CCN(c2cccc(Cl)c2)CC1. The molecule has 130 valence electrons. The van der Waals surface area contributed by atoms with Crippen LogP contribution in [0.25, 0.3) is 0 Å². The summed E-state index contributed by atoms with van der Waals surface area (Å²) in [5.41, 5.74) is 1.07. The minimum atomic E-state index is -0.828. The Hall–Kier alpha value is -1.79. The van der Waals surface area contributed by atoms with E-state index >= 15 is 0 Å². The van der Waals surface area contributed by atoms with E-state index in [9.17, 15) is 14.7 Å². The average Bonchev–Trinajstić information content (AvgIpc) is 3.03. The van der Waals surface area contributed by atoms with Crippen LogP contribution < -0.4 is 4.90 Å². The Morgan fingerprint density at radius 2 is 1.92 bits per heavy atom. The molecule has 2 fully saturated rings. The number of halogens is 1. The van der Waals surface area contributed by atoms with Gasteiger partial charge in [0.05, 0.1) is 6.54 Å². The molecule has 24 heavy (non-hydrogen) atoms. The van der Waals surface area contributed by atoms with Crippen molar-refractivity contribution in [1.29, 1.82) is 0 Å². The molecule has 0 bridgehead atoms. The molecule has 1 atom stereocenters. The number of rotatable bonds is 4. The molecule has 1 aromatic carbocycles. The number of amides is 1. The summed E-state index contributed by atoms with van der Waals surface area (Å²) in [4.78, 5) is 29.5. The fourth-order valence-corrected chi connectivity index (χ4v) is 3.64. The topological polar surface area (TPSA) is 64.1 Å². The summed E-state index contributed by atoms with van der Waals surface area (Å²) in [6.45, 7) is 3.70. The van der Waals surface area contributed by atoms with Crippen LogP contribution in [0.3, 0.4) is 0 Å². The molecule has 1 N–H and O–H groups in total. The second kappa shape index (κ2) is 7.40. The largest absolute Gasteiger partial charge is 0.480 e. The average molecular weight is 352 g/mol. The van der Waals surface area contributed by atoms with Crippen molar-refractivity contribution in [3.8, 4) is 0 Å². The van der Waals surface area contributed by atoms with Gasteiger partial charge in [-0.25, -0.2) is 0 Å². The maximum atomic E-state index is 12.5. The zero-order chi connectivity index (χ0) is 17.1. The fourth-order valence-electron chi connectivity index (χ4n) is 3.46. The van der Waals surface area contributed by atoms with Crippen LogP contribution in [-0.4, -0.2) is 72.1 Å². The van der Waals surface area contributed by atoms with Gasteiger partial charge in [-0.05, 0) is 37.6 Å². The molecule has 2 aliphatic heterocycles. The van der Waals surface area contributed by atoms with Crippen molar-refractivity contribution in [2.24, 2.45) is 0 Å². The summed E-state index contributed by atoms with van der Waals surface area (Å²) in [6, 6.07) is 7.21. The van der Waals surface area contributed by atoms with E-state index in [0.717, 1.165) is 25.2 Å². The number of carboxylic acids is 1. The van der Waals surface area contributed by atoms with Crippen LogP contribution in [0, 0.1) is 0 Å². The number of likely N-dealkylation sites (tertiary alicyclic amines) is 1. The Morgan fingerprint density at radius 1 is 1.17 bits per heavy atom. The number of carboxylic acid groups (broad SMARTS) is 1. The first-order chi connectivity index (χ1) is 11.5. The zero-order valence-corrected chi connectivity index (χ0v) is 14.3. The third-order valence-electron chi connectivity index (χ3n) is 4.79. The maximum absolute atomic E-state index is 12.5. The van der Waals surface area contributed by atoms with Crippen molar-refractivity contribution in [2.75, 3.05) is 44.2 Å². The molecule has 0 aromatic heterocycles. The highest BCUT2D eigenvalue weighted by atomic mass is 35.5. The smallest absolute Gasteiger partial charge is 0.320 e. The molecule has 1 amide bonds. The third kappa shape index (κ3) is 3.82. The number of hydrogen-bond acceptors (Lipinski definition) is 4. The van der Waals surface area contributed by atoms with E-state index in [-0.39, 0.29) is 12.5 Å². The lowest BCUT2D eigenvalue weighted by molar-refractivity contribution is -0.143. The van der Waals surface area contributed by atoms with E-state index in [4.69, 9.17) is 11.6 Å². The van der Waals surface area contributed by atoms with E-state index in [1.165, 1.54) is 0 Å². The van der Waals surface area contributed by atoms with E-state index in [1.807, 2.05) is 29.2 Å². The predicted octanol–water partition coefficient (Wildman–Crippen LogP) is 1.54. The summed E-state index contributed by atoms with van der Waals surface area (Å²) in [5, 5.41) is 9.91. The van der Waals surface area contributed by atoms with Crippen LogP contribution in [0.4, 0.5) is 5.69 Å². The second-order valence-corrected chi connectivity index (χ2v) is 6.75. The van der Waals surface area contributed by atoms with Crippen LogP contribution in [0.2, 0.25) is 5.02 Å². The zero-order valence-electron chi connectivity index (χ0n) is 13.5. The molecule has 0 spiro atoms. The Bertz CT molecular complexity index is 617. The van der Waals surface area contributed by atoms with Crippen LogP contribution in [0.15, 0.2) is 24.3 Å². The van der Waals surface area contributed by atoms with Gasteiger partial charge in [-0.2, -0.15) is 0 Å². The van der Waals surface area contributed by atoms with E-state index in [0.29, 0.717) is 31.1 Å². The normalized spacial score (nSPS) is 22.0. The van der Waals surface area contributed by atoms with Gasteiger partial charge in [-0.3, -0.25) is 14.5 Å². The van der Waals surface area contributed by atoms with Crippen molar-refractivity contribution in [1.82, 2.24) is 9.80 Å². The van der Waals surface area contributed by atoms with Gasteiger partial charge in [0.2, 0.25) is 5.91 Å². The molecule has 0 aliphatic carbocycles.